The number of fused-ring (bicyclic) bond motifs is 1. The lowest BCUT2D eigenvalue weighted by molar-refractivity contribution is -0.120. The Kier molecular flexibility index (Phi) is 6.45. The summed E-state index contributed by atoms with van der Waals surface area (Å²) in [6.07, 6.45) is 1.61. The van der Waals surface area contributed by atoms with Crippen molar-refractivity contribution in [3.8, 4) is 11.5 Å². The summed E-state index contributed by atoms with van der Waals surface area (Å²) in [7, 11) is -7.74. The molecule has 0 bridgehead atoms. The van der Waals surface area contributed by atoms with Crippen molar-refractivity contribution >= 4 is 53.2 Å². The van der Waals surface area contributed by atoms with E-state index in [0.29, 0.717) is 29.4 Å². The van der Waals surface area contributed by atoms with E-state index >= 15 is 0 Å². The number of rotatable bonds is 6. The Morgan fingerprint density at radius 3 is 2.39 bits per heavy atom. The molecule has 0 spiro atoms. The van der Waals surface area contributed by atoms with Gasteiger partial charge in [0.2, 0.25) is 15.9 Å². The molecule has 1 fully saturated rings. The number of carbonyl (C=O) groups is 1. The maximum Gasteiger partial charge on any atom is 0.244 e. The Morgan fingerprint density at radius 2 is 1.69 bits per heavy atom. The molecule has 3 heterocycles. The van der Waals surface area contributed by atoms with Gasteiger partial charge in [-0.1, -0.05) is 30.3 Å². The van der Waals surface area contributed by atoms with Crippen LogP contribution in [0.1, 0.15) is 12.8 Å². The predicted octanol–water partition coefficient (Wildman–Crippen LogP) is 4.00. The van der Waals surface area contributed by atoms with E-state index in [2.05, 4.69) is 10.3 Å². The van der Waals surface area contributed by atoms with E-state index in [9.17, 15) is 21.6 Å². The minimum absolute atomic E-state index is 0.112. The van der Waals surface area contributed by atoms with Gasteiger partial charge in [0.1, 0.15) is 16.2 Å². The van der Waals surface area contributed by atoms with Crippen molar-refractivity contribution in [3.63, 3.8) is 0 Å². The van der Waals surface area contributed by atoms with Crippen LogP contribution in [0.4, 0.5) is 5.13 Å². The number of para-hydroxylation sites is 1. The van der Waals surface area contributed by atoms with Crippen LogP contribution in [0.25, 0.3) is 22.4 Å². The second-order valence-corrected chi connectivity index (χ2v) is 13.3. The standard InChI is InChI=1S/C24H23N3O6S3/c1-35(29,30)21-8-4-5-9-22(21)36(31,32)27-12-10-16(11-13-27)23(28)26-24-25-18(15-34-24)20-14-17-6-2-3-7-19(17)33-20/h2-9,14-16H,10-13H2,1H3,(H,25,26,28). The first-order valence-electron chi connectivity index (χ1n) is 11.2. The van der Waals surface area contributed by atoms with E-state index in [1.54, 1.807) is 0 Å². The van der Waals surface area contributed by atoms with E-state index < -0.39 is 19.9 Å². The van der Waals surface area contributed by atoms with E-state index in [1.807, 2.05) is 35.7 Å². The molecule has 1 N–H and O–H groups in total. The minimum Gasteiger partial charge on any atom is -0.454 e. The molecule has 1 aliphatic rings. The van der Waals surface area contributed by atoms with Crippen molar-refractivity contribution < 1.29 is 26.0 Å². The summed E-state index contributed by atoms with van der Waals surface area (Å²) in [5, 5.41) is 6.04. The Morgan fingerprint density at radius 1 is 1.03 bits per heavy atom. The molecule has 0 radical (unpaired) electrons. The maximum atomic E-state index is 13.2. The highest BCUT2D eigenvalue weighted by molar-refractivity contribution is 7.93. The van der Waals surface area contributed by atoms with E-state index in [1.165, 1.54) is 39.9 Å². The number of thiazole rings is 1. The second kappa shape index (κ2) is 9.43. The molecule has 1 saturated heterocycles. The molecule has 12 heteroatoms. The second-order valence-electron chi connectivity index (χ2n) is 8.57. The predicted molar refractivity (Wildman–Crippen MR) is 137 cm³/mol. The minimum atomic E-state index is -4.02. The molecule has 2 aromatic carbocycles. The third-order valence-electron chi connectivity index (χ3n) is 6.10. The fourth-order valence-electron chi connectivity index (χ4n) is 4.23. The van der Waals surface area contributed by atoms with Gasteiger partial charge in [-0.3, -0.25) is 4.79 Å². The molecule has 9 nitrogen and oxygen atoms in total. The van der Waals surface area contributed by atoms with Crippen LogP contribution in [-0.4, -0.2) is 51.4 Å². The number of aromatic nitrogens is 1. The van der Waals surface area contributed by atoms with Crippen LogP contribution in [0.2, 0.25) is 0 Å². The van der Waals surface area contributed by atoms with Gasteiger partial charge < -0.3 is 9.73 Å². The van der Waals surface area contributed by atoms with Gasteiger partial charge in [0.15, 0.2) is 20.7 Å². The first kappa shape index (κ1) is 24.6. The van der Waals surface area contributed by atoms with Crippen molar-refractivity contribution in [2.45, 2.75) is 22.6 Å². The van der Waals surface area contributed by atoms with Crippen LogP contribution in [-0.2, 0) is 24.7 Å². The van der Waals surface area contributed by atoms with E-state index in [0.717, 1.165) is 17.2 Å². The number of piperidine rings is 1. The van der Waals surface area contributed by atoms with Crippen molar-refractivity contribution in [1.29, 1.82) is 0 Å². The Balaban J connectivity index is 1.24. The quantitative estimate of drug-likeness (QED) is 0.388. The normalized spacial score (nSPS) is 15.8. The van der Waals surface area contributed by atoms with Gasteiger partial charge in [-0.25, -0.2) is 21.8 Å². The van der Waals surface area contributed by atoms with Crippen molar-refractivity contribution in [2.24, 2.45) is 5.92 Å². The van der Waals surface area contributed by atoms with Gasteiger partial charge in [0, 0.05) is 36.0 Å². The number of hydrogen-bond acceptors (Lipinski definition) is 8. The van der Waals surface area contributed by atoms with Gasteiger partial charge in [0.25, 0.3) is 0 Å². The maximum absolute atomic E-state index is 13.2. The third-order valence-corrected chi connectivity index (χ3v) is 10.1. The summed E-state index contributed by atoms with van der Waals surface area (Å²) in [5.74, 6) is -0.00455. The summed E-state index contributed by atoms with van der Waals surface area (Å²) < 4.78 is 57.6. The van der Waals surface area contributed by atoms with Crippen molar-refractivity contribution in [3.05, 3.63) is 60.0 Å². The average molecular weight is 546 g/mol. The van der Waals surface area contributed by atoms with Crippen molar-refractivity contribution in [2.75, 3.05) is 24.7 Å². The molecule has 36 heavy (non-hydrogen) atoms. The third kappa shape index (κ3) is 4.81. The molecule has 0 aliphatic carbocycles. The molecule has 5 rings (SSSR count). The summed E-state index contributed by atoms with van der Waals surface area (Å²) in [6, 6.07) is 15.1. The number of nitrogens with one attached hydrogen (secondary N) is 1. The van der Waals surface area contributed by atoms with Crippen LogP contribution in [0, 0.1) is 5.92 Å². The number of anilines is 1. The van der Waals surface area contributed by atoms with Crippen LogP contribution in [0.5, 0.6) is 0 Å². The lowest BCUT2D eigenvalue weighted by Gasteiger charge is -2.30. The first-order chi connectivity index (χ1) is 17.1. The fraction of sp³-hybridized carbons (Fsp3) is 0.250. The molecule has 2 aromatic heterocycles. The molecule has 188 valence electrons. The lowest BCUT2D eigenvalue weighted by Crippen LogP contribution is -2.41. The summed E-state index contributed by atoms with van der Waals surface area (Å²) in [6.45, 7) is 0.223. The zero-order chi connectivity index (χ0) is 25.5. The number of carbonyl (C=O) groups excluding carboxylic acids is 1. The molecule has 4 aromatic rings. The molecule has 0 saturated carbocycles. The Hall–Kier alpha value is -3.06. The Labute approximate surface area is 212 Å². The summed E-state index contributed by atoms with van der Waals surface area (Å²) >= 11 is 1.29. The largest absolute Gasteiger partial charge is 0.454 e. The molecule has 0 atom stereocenters. The number of sulfone groups is 1. The molecular formula is C24H23N3O6S3. The monoisotopic (exact) mass is 545 g/mol. The van der Waals surface area contributed by atoms with Gasteiger partial charge in [-0.2, -0.15) is 4.31 Å². The van der Waals surface area contributed by atoms with Crippen LogP contribution >= 0.6 is 11.3 Å². The fourth-order valence-corrected chi connectivity index (χ4v) is 8.00. The summed E-state index contributed by atoms with van der Waals surface area (Å²) in [4.78, 5) is 16.9. The number of furan rings is 1. The summed E-state index contributed by atoms with van der Waals surface area (Å²) in [5.41, 5.74) is 1.38. The molecular weight excluding hydrogens is 522 g/mol. The highest BCUT2D eigenvalue weighted by Crippen LogP contribution is 2.32. The zero-order valence-electron chi connectivity index (χ0n) is 19.2. The number of benzene rings is 2. The number of amides is 1. The molecule has 1 aliphatic heterocycles. The number of sulfonamides is 1. The lowest BCUT2D eigenvalue weighted by atomic mass is 9.97. The zero-order valence-corrected chi connectivity index (χ0v) is 21.7. The SMILES string of the molecule is CS(=O)(=O)c1ccccc1S(=O)(=O)N1CCC(C(=O)Nc2nc(-c3cc4ccccc4o3)cs2)CC1. The highest BCUT2D eigenvalue weighted by Gasteiger charge is 2.34. The van der Waals surface area contributed by atoms with Crippen LogP contribution < -0.4 is 5.32 Å². The first-order valence-corrected chi connectivity index (χ1v) is 15.4. The number of hydrogen-bond donors (Lipinski definition) is 1. The van der Waals surface area contributed by atoms with Gasteiger partial charge in [0.05, 0.1) is 4.90 Å². The topological polar surface area (TPSA) is 127 Å². The molecule has 1 amide bonds. The van der Waals surface area contributed by atoms with E-state index in [4.69, 9.17) is 4.42 Å². The smallest absolute Gasteiger partial charge is 0.244 e. The highest BCUT2D eigenvalue weighted by atomic mass is 32.2. The molecule has 0 unspecified atom stereocenters. The average Bonchev–Trinajstić information content (AvgIpc) is 3.50. The van der Waals surface area contributed by atoms with Gasteiger partial charge in [-0.05, 0) is 37.1 Å². The van der Waals surface area contributed by atoms with Gasteiger partial charge in [-0.15, -0.1) is 11.3 Å². The van der Waals surface area contributed by atoms with Crippen molar-refractivity contribution in [1.82, 2.24) is 9.29 Å². The van der Waals surface area contributed by atoms with E-state index in [-0.39, 0.29) is 34.7 Å². The Bertz CT molecular complexity index is 1620. The van der Waals surface area contributed by atoms with Gasteiger partial charge >= 0.3 is 0 Å². The van der Waals surface area contributed by atoms with Crippen LogP contribution in [0.15, 0.2) is 74.2 Å². The van der Waals surface area contributed by atoms with Crippen LogP contribution in [0.3, 0.4) is 0 Å². The number of nitrogens with zero attached hydrogens (tertiary/aromatic N) is 2.